The predicted octanol–water partition coefficient (Wildman–Crippen LogP) is 4.03. The van der Waals surface area contributed by atoms with Crippen LogP contribution in [-0.2, 0) is 6.54 Å². The summed E-state index contributed by atoms with van der Waals surface area (Å²) in [4.78, 5) is 7.62. The van der Waals surface area contributed by atoms with E-state index in [9.17, 15) is 0 Å². The van der Waals surface area contributed by atoms with Crippen LogP contribution in [0.5, 0.6) is 0 Å². The third kappa shape index (κ3) is 2.52. The Morgan fingerprint density at radius 2 is 2.11 bits per heavy atom. The molecule has 96 valence electrons. The zero-order valence-corrected chi connectivity index (χ0v) is 12.1. The van der Waals surface area contributed by atoms with Crippen LogP contribution in [0.4, 0.5) is 0 Å². The van der Waals surface area contributed by atoms with Gasteiger partial charge in [0.05, 0.1) is 12.2 Å². The lowest BCUT2D eigenvalue weighted by molar-refractivity contribution is 0.782. The van der Waals surface area contributed by atoms with Crippen LogP contribution in [0.3, 0.4) is 0 Å². The molecule has 0 bridgehead atoms. The number of imidazole rings is 1. The summed E-state index contributed by atoms with van der Waals surface area (Å²) in [6.07, 6.45) is 1.96. The van der Waals surface area contributed by atoms with Gasteiger partial charge in [-0.2, -0.15) is 0 Å². The number of nitrogens with one attached hydrogen (secondary N) is 1. The van der Waals surface area contributed by atoms with Gasteiger partial charge in [-0.15, -0.1) is 11.3 Å². The lowest BCUT2D eigenvalue weighted by Crippen LogP contribution is -2.01. The van der Waals surface area contributed by atoms with E-state index in [1.54, 1.807) is 11.3 Å². The van der Waals surface area contributed by atoms with Crippen LogP contribution in [0.25, 0.3) is 11.3 Å². The highest BCUT2D eigenvalue weighted by Gasteiger charge is 2.08. The zero-order valence-electron chi connectivity index (χ0n) is 10.5. The van der Waals surface area contributed by atoms with Crippen molar-refractivity contribution in [3.05, 3.63) is 57.4 Å². The number of H-pyrrole nitrogens is 1. The van der Waals surface area contributed by atoms with Gasteiger partial charge in [0, 0.05) is 17.3 Å². The number of thiazole rings is 1. The third-order valence-electron chi connectivity index (χ3n) is 2.90. The van der Waals surface area contributed by atoms with Gasteiger partial charge in [0.2, 0.25) is 0 Å². The molecule has 0 amide bonds. The van der Waals surface area contributed by atoms with Crippen LogP contribution in [0, 0.1) is 11.7 Å². The van der Waals surface area contributed by atoms with Gasteiger partial charge >= 0.3 is 0 Å². The van der Waals surface area contributed by atoms with Crippen molar-refractivity contribution in [2.24, 2.45) is 0 Å². The van der Waals surface area contributed by atoms with E-state index >= 15 is 0 Å². The maximum absolute atomic E-state index is 5.36. The molecule has 0 saturated carbocycles. The van der Waals surface area contributed by atoms with Crippen LogP contribution in [-0.4, -0.2) is 14.5 Å². The molecular weight excluding hydrogens is 274 g/mol. The minimum absolute atomic E-state index is 0.713. The quantitative estimate of drug-likeness (QED) is 0.738. The molecule has 0 aliphatic heterocycles. The fourth-order valence-electron chi connectivity index (χ4n) is 2.01. The van der Waals surface area contributed by atoms with Crippen molar-refractivity contribution in [2.75, 3.05) is 0 Å². The van der Waals surface area contributed by atoms with Crippen LogP contribution in [0.2, 0.25) is 0 Å². The van der Waals surface area contributed by atoms with E-state index in [2.05, 4.69) is 32.0 Å². The van der Waals surface area contributed by atoms with Crippen molar-refractivity contribution in [1.29, 1.82) is 0 Å². The number of benzene rings is 1. The highest BCUT2D eigenvalue weighted by atomic mass is 32.1. The van der Waals surface area contributed by atoms with Gasteiger partial charge in [-0.25, -0.2) is 4.98 Å². The number of aryl methyl sites for hydroxylation is 1. The summed E-state index contributed by atoms with van der Waals surface area (Å²) in [5.74, 6) is 0. The molecule has 0 atom stereocenters. The Bertz CT molecular complexity index is 737. The Balaban J connectivity index is 2.02. The summed E-state index contributed by atoms with van der Waals surface area (Å²) in [5, 5.41) is 3.14. The normalized spacial score (nSPS) is 10.8. The molecule has 0 saturated heterocycles. The first-order valence-electron chi connectivity index (χ1n) is 5.98. The van der Waals surface area contributed by atoms with E-state index in [1.165, 1.54) is 0 Å². The average molecular weight is 287 g/mol. The molecule has 0 fully saturated rings. The van der Waals surface area contributed by atoms with Gasteiger partial charge in [0.1, 0.15) is 5.01 Å². The summed E-state index contributed by atoms with van der Waals surface area (Å²) in [7, 11) is 0. The van der Waals surface area contributed by atoms with Crippen LogP contribution in [0.15, 0.2) is 41.9 Å². The smallest absolute Gasteiger partial charge is 0.178 e. The van der Waals surface area contributed by atoms with Crippen molar-refractivity contribution in [1.82, 2.24) is 14.5 Å². The molecule has 2 aromatic heterocycles. The van der Waals surface area contributed by atoms with E-state index in [4.69, 9.17) is 12.2 Å². The van der Waals surface area contributed by atoms with Crippen molar-refractivity contribution < 1.29 is 0 Å². The van der Waals surface area contributed by atoms with Crippen LogP contribution < -0.4 is 0 Å². The Labute approximate surface area is 120 Å². The molecular formula is C14H13N3S2. The van der Waals surface area contributed by atoms with Gasteiger partial charge in [-0.05, 0) is 24.7 Å². The number of hydrogen-bond donors (Lipinski definition) is 1. The van der Waals surface area contributed by atoms with Gasteiger partial charge in [0.15, 0.2) is 4.77 Å². The molecule has 3 rings (SSSR count). The van der Waals surface area contributed by atoms with Crippen molar-refractivity contribution in [3.63, 3.8) is 0 Å². The fourth-order valence-corrected chi connectivity index (χ4v) is 2.99. The van der Waals surface area contributed by atoms with Crippen LogP contribution in [0.1, 0.15) is 10.7 Å². The second-order valence-corrected chi connectivity index (χ2v) is 5.64. The number of nitrogens with zero attached hydrogens (tertiary/aromatic N) is 2. The van der Waals surface area contributed by atoms with Crippen molar-refractivity contribution in [2.45, 2.75) is 13.5 Å². The molecule has 3 nitrogen and oxygen atoms in total. The highest BCUT2D eigenvalue weighted by Crippen LogP contribution is 2.21. The molecule has 3 aromatic rings. The molecule has 0 radical (unpaired) electrons. The summed E-state index contributed by atoms with van der Waals surface area (Å²) in [6, 6.07) is 10.2. The second kappa shape index (κ2) is 5.11. The Hall–Kier alpha value is -1.72. The molecule has 2 heterocycles. The maximum atomic E-state index is 5.36. The monoisotopic (exact) mass is 287 g/mol. The maximum Gasteiger partial charge on any atom is 0.178 e. The number of aromatic amines is 1. The van der Waals surface area contributed by atoms with Crippen molar-refractivity contribution >= 4 is 23.6 Å². The lowest BCUT2D eigenvalue weighted by atomic mass is 10.2. The summed E-state index contributed by atoms with van der Waals surface area (Å²) in [5.41, 5.74) is 3.31. The number of aromatic nitrogens is 3. The van der Waals surface area contributed by atoms with Gasteiger partial charge < -0.3 is 9.55 Å². The summed E-state index contributed by atoms with van der Waals surface area (Å²) < 4.78 is 2.81. The minimum Gasteiger partial charge on any atom is -0.337 e. The predicted molar refractivity (Wildman–Crippen MR) is 81.0 cm³/mol. The Kier molecular flexibility index (Phi) is 3.31. The number of rotatable bonds is 3. The van der Waals surface area contributed by atoms with Gasteiger partial charge in [0.25, 0.3) is 0 Å². The first-order valence-corrected chi connectivity index (χ1v) is 7.27. The fraction of sp³-hybridized carbons (Fsp3) is 0.143. The van der Waals surface area contributed by atoms with E-state index in [1.807, 2.05) is 31.3 Å². The Morgan fingerprint density at radius 3 is 2.79 bits per heavy atom. The molecule has 1 N–H and O–H groups in total. The van der Waals surface area contributed by atoms with E-state index in [0.29, 0.717) is 6.54 Å². The molecule has 0 aliphatic carbocycles. The molecule has 19 heavy (non-hydrogen) atoms. The van der Waals surface area contributed by atoms with Crippen LogP contribution >= 0.6 is 23.6 Å². The standard InChI is InChI=1S/C14H13N3S2/c1-10-9-19-13(16-10)8-17-12(7-15-14(17)18)11-5-3-2-4-6-11/h2-7,9H,8H2,1H3,(H,15,18). The summed E-state index contributed by atoms with van der Waals surface area (Å²) in [6.45, 7) is 2.72. The first kappa shape index (κ1) is 12.3. The van der Waals surface area contributed by atoms with Gasteiger partial charge in [-0.1, -0.05) is 30.3 Å². The topological polar surface area (TPSA) is 33.6 Å². The molecule has 0 unspecified atom stereocenters. The van der Waals surface area contributed by atoms with E-state index < -0.39 is 0 Å². The van der Waals surface area contributed by atoms with Gasteiger partial charge in [-0.3, -0.25) is 0 Å². The average Bonchev–Trinajstić information content (AvgIpc) is 2.99. The minimum atomic E-state index is 0.713. The van der Waals surface area contributed by atoms with E-state index in [-0.39, 0.29) is 0 Å². The molecule has 1 aromatic carbocycles. The highest BCUT2D eigenvalue weighted by molar-refractivity contribution is 7.71. The number of hydrogen-bond acceptors (Lipinski definition) is 3. The third-order valence-corrected chi connectivity index (χ3v) is 4.19. The molecule has 5 heteroatoms. The SMILES string of the molecule is Cc1csc(Cn2c(-c3ccccc3)c[nH]c2=S)n1. The second-order valence-electron chi connectivity index (χ2n) is 4.31. The largest absolute Gasteiger partial charge is 0.337 e. The summed E-state index contributed by atoms with van der Waals surface area (Å²) >= 11 is 7.03. The zero-order chi connectivity index (χ0) is 13.2. The molecule has 0 spiro atoms. The molecule has 0 aliphatic rings. The first-order chi connectivity index (χ1) is 9.24. The lowest BCUT2D eigenvalue weighted by Gasteiger charge is -2.06. The van der Waals surface area contributed by atoms with Crippen molar-refractivity contribution in [3.8, 4) is 11.3 Å². The Morgan fingerprint density at radius 1 is 1.32 bits per heavy atom. The van der Waals surface area contributed by atoms with E-state index in [0.717, 1.165) is 26.7 Å².